The van der Waals surface area contributed by atoms with Crippen molar-refractivity contribution in [2.75, 3.05) is 31.3 Å². The van der Waals surface area contributed by atoms with Crippen molar-refractivity contribution in [1.29, 1.82) is 0 Å². The molecule has 2 aromatic carbocycles. The number of imide groups is 1. The van der Waals surface area contributed by atoms with Crippen LogP contribution < -0.4 is 4.90 Å². The predicted molar refractivity (Wildman–Crippen MR) is 147 cm³/mol. The number of Topliss-reactive ketones (excluding diaryl/α,β-unsaturated/α-hetero) is 1. The van der Waals surface area contributed by atoms with Crippen molar-refractivity contribution < 1.29 is 38.3 Å². The maximum atomic E-state index is 13.2. The summed E-state index contributed by atoms with van der Waals surface area (Å²) in [5.41, 5.74) is 3.37. The molecule has 214 valence electrons. The van der Waals surface area contributed by atoms with Crippen LogP contribution in [-0.4, -0.2) is 61.0 Å². The Morgan fingerprint density at radius 2 is 1.39 bits per heavy atom. The zero-order chi connectivity index (χ0) is 29.0. The van der Waals surface area contributed by atoms with Gasteiger partial charge in [-0.1, -0.05) is 42.2 Å². The number of nitrogens with zero attached hydrogens (tertiary/aromatic N) is 2. The van der Waals surface area contributed by atoms with Crippen LogP contribution >= 0.6 is 0 Å². The van der Waals surface area contributed by atoms with E-state index in [1.807, 2.05) is 48.5 Å². The number of carbonyl (C=O) groups excluding carboxylic acids is 5. The fourth-order valence-electron chi connectivity index (χ4n) is 4.37. The average molecular weight is 561 g/mol. The highest BCUT2D eigenvalue weighted by Gasteiger charge is 2.32. The van der Waals surface area contributed by atoms with Gasteiger partial charge in [0.1, 0.15) is 5.78 Å². The maximum Gasteiger partial charge on any atom is 0.335 e. The van der Waals surface area contributed by atoms with Crippen LogP contribution in [0.15, 0.2) is 48.5 Å². The third-order valence-electron chi connectivity index (χ3n) is 6.56. The summed E-state index contributed by atoms with van der Waals surface area (Å²) >= 11 is 0. The Bertz CT molecular complexity index is 1340. The van der Waals surface area contributed by atoms with Crippen molar-refractivity contribution in [2.24, 2.45) is 0 Å². The first-order chi connectivity index (χ1) is 19.9. The molecule has 2 heterocycles. The molecule has 1 fully saturated rings. The Hall–Kier alpha value is -4.33. The molecule has 0 saturated carbocycles. The van der Waals surface area contributed by atoms with Crippen LogP contribution in [0, 0.1) is 11.8 Å². The fourth-order valence-corrected chi connectivity index (χ4v) is 4.37. The van der Waals surface area contributed by atoms with Crippen molar-refractivity contribution in [3.63, 3.8) is 0 Å². The summed E-state index contributed by atoms with van der Waals surface area (Å²) < 4.78 is 10.8. The summed E-state index contributed by atoms with van der Waals surface area (Å²) in [6, 6.07) is 15.3. The van der Waals surface area contributed by atoms with Crippen LogP contribution in [0.5, 0.6) is 0 Å². The van der Waals surface area contributed by atoms with Gasteiger partial charge in [-0.15, -0.1) is 5.06 Å². The third kappa shape index (κ3) is 8.58. The van der Waals surface area contributed by atoms with E-state index in [-0.39, 0.29) is 63.6 Å². The molecule has 0 atom stereocenters. The smallest absolute Gasteiger partial charge is 0.335 e. The molecule has 0 unspecified atom stereocenters. The fraction of sp³-hybridized carbons (Fsp3) is 0.387. The van der Waals surface area contributed by atoms with Crippen LogP contribution in [0.2, 0.25) is 0 Å². The van der Waals surface area contributed by atoms with Crippen molar-refractivity contribution in [2.45, 2.75) is 51.5 Å². The number of anilines is 1. The molecule has 0 aromatic heterocycles. The first-order valence-corrected chi connectivity index (χ1v) is 13.7. The minimum Gasteiger partial charge on any atom is -0.379 e. The first kappa shape index (κ1) is 29.6. The van der Waals surface area contributed by atoms with Gasteiger partial charge in [0.05, 0.1) is 38.5 Å². The van der Waals surface area contributed by atoms with Gasteiger partial charge in [-0.3, -0.25) is 19.2 Å². The Balaban J connectivity index is 1.09. The average Bonchev–Trinajstić information content (AvgIpc) is 3.28. The number of ether oxygens (including phenoxy) is 2. The van der Waals surface area contributed by atoms with Crippen LogP contribution in [0.1, 0.15) is 61.6 Å². The van der Waals surface area contributed by atoms with E-state index in [1.54, 1.807) is 4.90 Å². The van der Waals surface area contributed by atoms with Crippen LogP contribution in [-0.2, 0) is 44.8 Å². The molecule has 0 N–H and O–H groups in total. The predicted octanol–water partition coefficient (Wildman–Crippen LogP) is 3.09. The van der Waals surface area contributed by atoms with E-state index in [0.29, 0.717) is 31.1 Å². The van der Waals surface area contributed by atoms with Gasteiger partial charge in [0.25, 0.3) is 11.8 Å². The Morgan fingerprint density at radius 3 is 2.17 bits per heavy atom. The largest absolute Gasteiger partial charge is 0.379 e. The van der Waals surface area contributed by atoms with E-state index in [4.69, 9.17) is 14.3 Å². The van der Waals surface area contributed by atoms with Gasteiger partial charge in [0.2, 0.25) is 5.91 Å². The van der Waals surface area contributed by atoms with E-state index in [9.17, 15) is 24.0 Å². The summed E-state index contributed by atoms with van der Waals surface area (Å²) in [6.07, 6.45) is 1.07. The molecule has 0 aliphatic carbocycles. The van der Waals surface area contributed by atoms with Crippen LogP contribution in [0.3, 0.4) is 0 Å². The first-order valence-electron chi connectivity index (χ1n) is 13.7. The molecule has 0 bridgehead atoms. The number of hydrogen-bond donors (Lipinski definition) is 0. The second kappa shape index (κ2) is 14.9. The molecular weight excluding hydrogens is 528 g/mol. The number of fused-ring (bicyclic) bond motifs is 2. The number of ketones is 1. The van der Waals surface area contributed by atoms with E-state index in [0.717, 1.165) is 22.4 Å². The summed E-state index contributed by atoms with van der Waals surface area (Å²) in [7, 11) is 0. The topological polar surface area (TPSA) is 120 Å². The molecule has 1 saturated heterocycles. The zero-order valence-electron chi connectivity index (χ0n) is 22.8. The van der Waals surface area contributed by atoms with Gasteiger partial charge in [-0.2, -0.15) is 0 Å². The highest BCUT2D eigenvalue weighted by Crippen LogP contribution is 2.26. The third-order valence-corrected chi connectivity index (χ3v) is 6.56. The van der Waals surface area contributed by atoms with Crippen molar-refractivity contribution in [3.05, 3.63) is 65.2 Å². The molecule has 0 radical (unpaired) electrons. The Kier molecular flexibility index (Phi) is 10.8. The van der Waals surface area contributed by atoms with E-state index in [1.165, 1.54) is 0 Å². The molecule has 10 nitrogen and oxygen atoms in total. The number of hydrogen-bond acceptors (Lipinski definition) is 8. The Morgan fingerprint density at radius 1 is 0.732 bits per heavy atom. The Labute approximate surface area is 238 Å². The number of carbonyl (C=O) groups is 5. The standard InChI is InChI=1S/C31H32N2O8/c34-26(9-5-18-39-20-21-40-19-17-31(38)41-33-29(36)15-16-30(33)37)13-14-28(35)32-22-25-8-2-1-6-23(25)11-12-24-7-3-4-10-27(24)32/h1-4,6-8,10H,5,9,13-22H2. The molecule has 2 aromatic rings. The minimum atomic E-state index is -0.722. The van der Waals surface area contributed by atoms with Crippen LogP contribution in [0.25, 0.3) is 0 Å². The summed E-state index contributed by atoms with van der Waals surface area (Å²) in [4.78, 5) is 66.7. The van der Waals surface area contributed by atoms with Gasteiger partial charge in [0, 0.05) is 49.8 Å². The van der Waals surface area contributed by atoms with Crippen molar-refractivity contribution >= 4 is 35.2 Å². The molecule has 2 aliphatic heterocycles. The quantitative estimate of drug-likeness (QED) is 0.196. The lowest BCUT2D eigenvalue weighted by molar-refractivity contribution is -0.198. The molecule has 3 amide bonds. The monoisotopic (exact) mass is 560 g/mol. The normalized spacial score (nSPS) is 14.0. The number of amides is 3. The molecule has 41 heavy (non-hydrogen) atoms. The van der Waals surface area contributed by atoms with E-state index >= 15 is 0 Å². The lowest BCUT2D eigenvalue weighted by Crippen LogP contribution is -2.32. The molecule has 4 rings (SSSR count). The van der Waals surface area contributed by atoms with Crippen molar-refractivity contribution in [3.8, 4) is 11.8 Å². The van der Waals surface area contributed by atoms with Crippen LogP contribution in [0.4, 0.5) is 5.69 Å². The highest BCUT2D eigenvalue weighted by atomic mass is 16.7. The lowest BCUT2D eigenvalue weighted by atomic mass is 10.0. The lowest BCUT2D eigenvalue weighted by Gasteiger charge is -2.26. The molecule has 2 aliphatic rings. The summed E-state index contributed by atoms with van der Waals surface area (Å²) in [5, 5.41) is 0.506. The number of hydroxylamine groups is 2. The molecule has 10 heteroatoms. The minimum absolute atomic E-state index is 0.00722. The van der Waals surface area contributed by atoms with Gasteiger partial charge in [-0.05, 0) is 30.2 Å². The number of para-hydroxylation sites is 1. The van der Waals surface area contributed by atoms with Gasteiger partial charge < -0.3 is 19.2 Å². The van der Waals surface area contributed by atoms with Gasteiger partial charge >= 0.3 is 5.97 Å². The number of rotatable bonds is 14. The SMILES string of the molecule is O=C(CCCOCCOCCC(=O)ON1C(=O)CCC1=O)CCC(=O)N1Cc2ccccc2C#Cc2ccccc21. The maximum absolute atomic E-state index is 13.2. The van der Waals surface area contributed by atoms with E-state index in [2.05, 4.69) is 11.8 Å². The highest BCUT2D eigenvalue weighted by molar-refractivity contribution is 6.01. The number of benzene rings is 2. The summed E-state index contributed by atoms with van der Waals surface area (Å²) in [5.74, 6) is 4.46. The van der Waals surface area contributed by atoms with Gasteiger partial charge in [-0.25, -0.2) is 4.79 Å². The van der Waals surface area contributed by atoms with Crippen molar-refractivity contribution in [1.82, 2.24) is 5.06 Å². The second-order valence-electron chi connectivity index (χ2n) is 9.57. The van der Waals surface area contributed by atoms with Gasteiger partial charge in [0.15, 0.2) is 0 Å². The second-order valence-corrected chi connectivity index (χ2v) is 9.57. The zero-order valence-corrected chi connectivity index (χ0v) is 22.8. The summed E-state index contributed by atoms with van der Waals surface area (Å²) in [6.45, 7) is 1.33. The van der Waals surface area contributed by atoms with E-state index < -0.39 is 17.8 Å². The molecule has 0 spiro atoms. The molecular formula is C31H32N2O8.